The first kappa shape index (κ1) is 24.4. The van der Waals surface area contributed by atoms with Gasteiger partial charge in [-0.15, -0.1) is 0 Å². The van der Waals surface area contributed by atoms with Crippen molar-refractivity contribution in [2.75, 3.05) is 20.8 Å². The van der Waals surface area contributed by atoms with E-state index in [9.17, 15) is 9.59 Å². The first-order valence-electron chi connectivity index (χ1n) is 12.1. The zero-order valence-corrected chi connectivity index (χ0v) is 21.3. The Bertz CT molecular complexity index is 1400. The molecule has 2 aliphatic rings. The van der Waals surface area contributed by atoms with E-state index < -0.39 is 0 Å². The lowest BCUT2D eigenvalue weighted by atomic mass is 9.84. The van der Waals surface area contributed by atoms with Gasteiger partial charge in [-0.25, -0.2) is 0 Å². The predicted molar refractivity (Wildman–Crippen MR) is 137 cm³/mol. The highest BCUT2D eigenvalue weighted by atomic mass is 16.5. The van der Waals surface area contributed by atoms with Gasteiger partial charge in [0.1, 0.15) is 17.2 Å². The lowest BCUT2D eigenvalue weighted by Gasteiger charge is -2.27. The molecule has 0 fully saturated rings. The van der Waals surface area contributed by atoms with Gasteiger partial charge in [0, 0.05) is 17.9 Å². The van der Waals surface area contributed by atoms with Crippen LogP contribution in [0.15, 0.2) is 65.9 Å². The molecular weight excluding hydrogens is 472 g/mol. The number of methoxy groups -OCH3 is 2. The third kappa shape index (κ3) is 4.65. The molecule has 37 heavy (non-hydrogen) atoms. The van der Waals surface area contributed by atoms with Crippen molar-refractivity contribution in [3.8, 4) is 28.7 Å². The smallest absolute Gasteiger partial charge is 0.312 e. The Hall–Kier alpha value is -4.26. The van der Waals surface area contributed by atoms with E-state index in [0.29, 0.717) is 46.5 Å². The Morgan fingerprint density at radius 3 is 2.41 bits per heavy atom. The van der Waals surface area contributed by atoms with E-state index >= 15 is 0 Å². The number of hydrogen-bond donors (Lipinski definition) is 0. The Labute approximate surface area is 215 Å². The molecule has 3 aromatic carbocycles. The van der Waals surface area contributed by atoms with Crippen molar-refractivity contribution in [2.45, 2.75) is 32.6 Å². The van der Waals surface area contributed by atoms with Gasteiger partial charge < -0.3 is 23.7 Å². The van der Waals surface area contributed by atoms with Crippen molar-refractivity contribution in [2.24, 2.45) is 0 Å². The largest absolute Gasteiger partial charge is 0.497 e. The average molecular weight is 501 g/mol. The molecule has 7 heteroatoms. The number of allylic oxidation sites excluding steroid dienone is 2. The van der Waals surface area contributed by atoms with Crippen molar-refractivity contribution >= 4 is 11.8 Å². The van der Waals surface area contributed by atoms with Crippen LogP contribution in [-0.2, 0) is 11.2 Å². The molecule has 0 amide bonds. The van der Waals surface area contributed by atoms with Gasteiger partial charge in [-0.1, -0.05) is 18.2 Å². The summed E-state index contributed by atoms with van der Waals surface area (Å²) in [5.74, 6) is 2.28. The highest BCUT2D eigenvalue weighted by molar-refractivity contribution is 6.13. The molecule has 0 N–H and O–H groups in total. The number of fused-ring (bicyclic) bond motifs is 3. The molecule has 0 aliphatic carbocycles. The normalized spacial score (nSPS) is 15.9. The van der Waals surface area contributed by atoms with Gasteiger partial charge in [0.2, 0.25) is 5.78 Å². The zero-order chi connectivity index (χ0) is 26.1. The Balaban J connectivity index is 1.42. The Morgan fingerprint density at radius 2 is 1.70 bits per heavy atom. The zero-order valence-electron chi connectivity index (χ0n) is 21.3. The standard InChI is InChI=1S/C30H28O7/c1-17(2)29-28(32)21-10-12-24-27(30(21)37-29)22(16-26(31)36-24)19-7-11-23(25(15-19)34-4)35-14-13-18-5-8-20(33-3)9-6-18/h5-12,15,22H,13-14,16H2,1-4H3/t22-/m0/s1. The van der Waals surface area contributed by atoms with Crippen LogP contribution in [0.1, 0.15) is 53.2 Å². The lowest BCUT2D eigenvalue weighted by Crippen LogP contribution is -2.21. The van der Waals surface area contributed by atoms with E-state index in [0.717, 1.165) is 28.9 Å². The van der Waals surface area contributed by atoms with Crippen LogP contribution in [-0.4, -0.2) is 32.6 Å². The van der Waals surface area contributed by atoms with Crippen molar-refractivity contribution < 1.29 is 33.3 Å². The average Bonchev–Trinajstić information content (AvgIpc) is 3.25. The second-order valence-corrected chi connectivity index (χ2v) is 9.20. The van der Waals surface area contributed by atoms with E-state index in [1.165, 1.54) is 0 Å². The fourth-order valence-electron chi connectivity index (χ4n) is 4.70. The number of benzene rings is 3. The number of Topliss-reactive ketones (excluding diaryl/α,β-unsaturated/α-hetero) is 1. The summed E-state index contributed by atoms with van der Waals surface area (Å²) in [5, 5.41) is 0. The van der Waals surface area contributed by atoms with E-state index in [4.69, 9.17) is 23.7 Å². The highest BCUT2D eigenvalue weighted by Crippen LogP contribution is 2.49. The van der Waals surface area contributed by atoms with E-state index in [1.54, 1.807) is 26.4 Å². The molecule has 0 spiro atoms. The van der Waals surface area contributed by atoms with E-state index in [1.807, 2.05) is 56.3 Å². The van der Waals surface area contributed by atoms with Crippen LogP contribution in [0.3, 0.4) is 0 Å². The van der Waals surface area contributed by atoms with Crippen molar-refractivity contribution in [1.82, 2.24) is 0 Å². The summed E-state index contributed by atoms with van der Waals surface area (Å²) in [6, 6.07) is 16.8. The topological polar surface area (TPSA) is 80.3 Å². The number of carbonyl (C=O) groups excluding carboxylic acids is 2. The third-order valence-corrected chi connectivity index (χ3v) is 6.61. The summed E-state index contributed by atoms with van der Waals surface area (Å²) < 4.78 is 28.4. The number of ketones is 1. The number of esters is 1. The Kier molecular flexibility index (Phi) is 6.61. The summed E-state index contributed by atoms with van der Waals surface area (Å²) in [6.45, 7) is 4.14. The van der Waals surface area contributed by atoms with Gasteiger partial charge in [-0.3, -0.25) is 9.59 Å². The summed E-state index contributed by atoms with van der Waals surface area (Å²) in [5.41, 5.74) is 3.93. The predicted octanol–water partition coefficient (Wildman–Crippen LogP) is 5.64. The van der Waals surface area contributed by atoms with Crippen LogP contribution >= 0.6 is 0 Å². The molecule has 3 aromatic rings. The fourth-order valence-corrected chi connectivity index (χ4v) is 4.70. The lowest BCUT2D eigenvalue weighted by molar-refractivity contribution is -0.135. The van der Waals surface area contributed by atoms with Crippen LogP contribution < -0.4 is 23.7 Å². The first-order chi connectivity index (χ1) is 17.9. The summed E-state index contributed by atoms with van der Waals surface area (Å²) in [4.78, 5) is 25.4. The van der Waals surface area contributed by atoms with Gasteiger partial charge in [0.05, 0.1) is 32.8 Å². The SMILES string of the molecule is COc1ccc(CCOc2ccc([C@@H]3CC(=O)Oc4ccc5c(c43)OC(=C(C)C)C5=O)cc2OC)cc1. The maximum Gasteiger partial charge on any atom is 0.312 e. The van der Waals surface area contributed by atoms with Crippen LogP contribution in [0.2, 0.25) is 0 Å². The van der Waals surface area contributed by atoms with Gasteiger partial charge in [0.15, 0.2) is 17.3 Å². The molecule has 5 rings (SSSR count). The quantitative estimate of drug-likeness (QED) is 0.236. The second kappa shape index (κ2) is 10.0. The first-order valence-corrected chi connectivity index (χ1v) is 12.1. The minimum Gasteiger partial charge on any atom is -0.497 e. The van der Waals surface area contributed by atoms with Crippen molar-refractivity contribution in [1.29, 1.82) is 0 Å². The molecule has 7 nitrogen and oxygen atoms in total. The number of carbonyl (C=O) groups is 2. The van der Waals surface area contributed by atoms with Crippen LogP contribution in [0.4, 0.5) is 0 Å². The fraction of sp³-hybridized carbons (Fsp3) is 0.267. The molecular formula is C30H28O7. The summed E-state index contributed by atoms with van der Waals surface area (Å²) in [7, 11) is 3.22. The van der Waals surface area contributed by atoms with Gasteiger partial charge in [0.25, 0.3) is 0 Å². The van der Waals surface area contributed by atoms with Crippen LogP contribution in [0.5, 0.6) is 28.7 Å². The van der Waals surface area contributed by atoms with E-state index in [2.05, 4.69) is 0 Å². The van der Waals surface area contributed by atoms with Crippen molar-refractivity contribution in [3.05, 3.63) is 88.2 Å². The molecule has 2 aliphatic heterocycles. The second-order valence-electron chi connectivity index (χ2n) is 9.20. The van der Waals surface area contributed by atoms with Gasteiger partial charge >= 0.3 is 5.97 Å². The Morgan fingerprint density at radius 1 is 0.919 bits per heavy atom. The molecule has 2 heterocycles. The maximum atomic E-state index is 12.9. The van der Waals surface area contributed by atoms with Crippen molar-refractivity contribution in [3.63, 3.8) is 0 Å². The third-order valence-electron chi connectivity index (χ3n) is 6.61. The van der Waals surface area contributed by atoms with Crippen LogP contribution in [0, 0.1) is 0 Å². The molecule has 0 aromatic heterocycles. The molecule has 0 radical (unpaired) electrons. The van der Waals surface area contributed by atoms with E-state index in [-0.39, 0.29) is 24.1 Å². The molecule has 0 unspecified atom stereocenters. The minimum absolute atomic E-state index is 0.117. The number of rotatable bonds is 7. The molecule has 1 atom stereocenters. The van der Waals surface area contributed by atoms with Gasteiger partial charge in [-0.05, 0) is 66.9 Å². The minimum atomic E-state index is -0.363. The monoisotopic (exact) mass is 500 g/mol. The molecule has 0 saturated heterocycles. The molecule has 0 bridgehead atoms. The summed E-state index contributed by atoms with van der Waals surface area (Å²) in [6.07, 6.45) is 0.840. The molecule has 190 valence electrons. The van der Waals surface area contributed by atoms with Gasteiger partial charge in [-0.2, -0.15) is 0 Å². The van der Waals surface area contributed by atoms with Crippen LogP contribution in [0.25, 0.3) is 0 Å². The molecule has 0 saturated carbocycles. The highest BCUT2D eigenvalue weighted by Gasteiger charge is 2.39. The number of hydrogen-bond acceptors (Lipinski definition) is 7. The summed E-state index contributed by atoms with van der Waals surface area (Å²) >= 11 is 0. The maximum absolute atomic E-state index is 12.9. The number of ether oxygens (including phenoxy) is 5.